The molecule has 1 radical (unpaired) electrons. The van der Waals surface area contributed by atoms with E-state index in [1.807, 2.05) is 0 Å². The number of aliphatic hydroxyl groups excluding tert-OH is 1. The molecule has 1 atom stereocenters. The number of alkyl halides is 2. The number of aliphatic hydroxyl groups is 1. The lowest BCUT2D eigenvalue weighted by Crippen LogP contribution is -2.21. The molecule has 0 rings (SSSR count). The van der Waals surface area contributed by atoms with Crippen LogP contribution in [-0.4, -0.2) is 17.9 Å². The molecule has 0 fully saturated rings. The average molecular weight is 110 g/mol. The van der Waals surface area contributed by atoms with Crippen molar-refractivity contribution in [1.82, 2.24) is 5.32 Å². The zero-order valence-electron chi connectivity index (χ0n) is 3.81. The summed E-state index contributed by atoms with van der Waals surface area (Å²) in [7, 11) is 0. The molecule has 0 saturated heterocycles. The van der Waals surface area contributed by atoms with Crippen LogP contribution in [0.4, 0.5) is 8.78 Å². The molecule has 2 nitrogen and oxygen atoms in total. The van der Waals surface area contributed by atoms with Crippen LogP contribution in [0.1, 0.15) is 6.92 Å². The van der Waals surface area contributed by atoms with Gasteiger partial charge in [0.25, 0.3) is 0 Å². The van der Waals surface area contributed by atoms with Crippen molar-refractivity contribution in [3.63, 3.8) is 0 Å². The molecule has 0 amide bonds. The summed E-state index contributed by atoms with van der Waals surface area (Å²) in [5.74, 6) is 0. The summed E-state index contributed by atoms with van der Waals surface area (Å²) in [6, 6.07) is 0. The van der Waals surface area contributed by atoms with E-state index >= 15 is 0 Å². The summed E-state index contributed by atoms with van der Waals surface area (Å²) in [5.41, 5.74) is 0. The van der Waals surface area contributed by atoms with E-state index in [0.29, 0.717) is 0 Å². The van der Waals surface area contributed by atoms with Crippen LogP contribution in [-0.2, 0) is 0 Å². The molecule has 0 aromatic rings. The van der Waals surface area contributed by atoms with Gasteiger partial charge in [0, 0.05) is 0 Å². The molecule has 0 bridgehead atoms. The molecule has 4 heteroatoms. The lowest BCUT2D eigenvalue weighted by atomic mass is 10.7. The predicted octanol–water partition coefficient (Wildman–Crippen LogP) is 0.152. The van der Waals surface area contributed by atoms with Gasteiger partial charge in [0.1, 0.15) is 6.23 Å². The fourth-order valence-electron chi connectivity index (χ4n) is 0.163. The van der Waals surface area contributed by atoms with Gasteiger partial charge in [0.2, 0.25) is 0 Å². The number of hydrogen-bond donors (Lipinski definition) is 1. The SMILES string of the molecule is CC(O)[N]C(F)F. The third kappa shape index (κ3) is 5.78. The zero-order chi connectivity index (χ0) is 5.86. The molecule has 0 saturated carbocycles. The summed E-state index contributed by atoms with van der Waals surface area (Å²) in [5, 5.41) is 10.6. The van der Waals surface area contributed by atoms with E-state index in [1.165, 1.54) is 6.92 Å². The standard InChI is InChI=1S/C3H6F2NO/c1-2(7)6-3(4)5/h2-3,7H,1H3. The van der Waals surface area contributed by atoms with Crippen LogP contribution < -0.4 is 5.32 Å². The lowest BCUT2D eigenvalue weighted by Gasteiger charge is -1.99. The number of rotatable bonds is 2. The molecule has 43 valence electrons. The van der Waals surface area contributed by atoms with Gasteiger partial charge in [-0.3, -0.25) is 0 Å². The van der Waals surface area contributed by atoms with Crippen LogP contribution in [0.5, 0.6) is 0 Å². The maximum atomic E-state index is 11.0. The normalized spacial score (nSPS) is 15.0. The first-order valence-electron chi connectivity index (χ1n) is 1.79. The van der Waals surface area contributed by atoms with Gasteiger partial charge in [0.15, 0.2) is 0 Å². The lowest BCUT2D eigenvalue weighted by molar-refractivity contribution is 0.0257. The second-order valence-electron chi connectivity index (χ2n) is 1.06. The van der Waals surface area contributed by atoms with Crippen molar-refractivity contribution >= 4 is 0 Å². The molecule has 0 aromatic heterocycles. The van der Waals surface area contributed by atoms with Crippen LogP contribution >= 0.6 is 0 Å². The third-order valence-corrected chi connectivity index (χ3v) is 0.328. The largest absolute Gasteiger partial charge is 0.377 e. The van der Waals surface area contributed by atoms with E-state index in [2.05, 4.69) is 5.32 Å². The van der Waals surface area contributed by atoms with Crippen molar-refractivity contribution in [2.45, 2.75) is 19.7 Å². The number of halogens is 2. The highest BCUT2D eigenvalue weighted by atomic mass is 19.3. The van der Waals surface area contributed by atoms with E-state index in [4.69, 9.17) is 5.11 Å². The van der Waals surface area contributed by atoms with Gasteiger partial charge >= 0.3 is 6.55 Å². The Balaban J connectivity index is 2.95. The smallest absolute Gasteiger partial charge is 0.309 e. The summed E-state index contributed by atoms with van der Waals surface area (Å²) in [4.78, 5) is 0. The molecule has 0 spiro atoms. The molecule has 1 unspecified atom stereocenters. The van der Waals surface area contributed by atoms with Crippen LogP contribution in [0.3, 0.4) is 0 Å². The van der Waals surface area contributed by atoms with Gasteiger partial charge in [-0.25, -0.2) is 0 Å². The predicted molar refractivity (Wildman–Crippen MR) is 19.8 cm³/mol. The third-order valence-electron chi connectivity index (χ3n) is 0.328. The van der Waals surface area contributed by atoms with Crippen LogP contribution in [0.2, 0.25) is 0 Å². The van der Waals surface area contributed by atoms with Gasteiger partial charge in [-0.15, -0.1) is 5.32 Å². The van der Waals surface area contributed by atoms with E-state index in [0.717, 1.165) is 0 Å². The molecule has 0 aliphatic carbocycles. The first-order chi connectivity index (χ1) is 3.13. The number of nitrogens with zero attached hydrogens (tertiary/aromatic N) is 1. The van der Waals surface area contributed by atoms with Crippen LogP contribution in [0, 0.1) is 0 Å². The van der Waals surface area contributed by atoms with Crippen molar-refractivity contribution in [2.24, 2.45) is 0 Å². The minimum atomic E-state index is -2.75. The minimum absolute atomic E-state index is 1.17. The highest BCUT2D eigenvalue weighted by Crippen LogP contribution is 1.88. The Morgan fingerprint density at radius 3 is 2.00 bits per heavy atom. The Morgan fingerprint density at radius 1 is 1.57 bits per heavy atom. The highest BCUT2D eigenvalue weighted by molar-refractivity contribution is 4.36. The quantitative estimate of drug-likeness (QED) is 0.504. The van der Waals surface area contributed by atoms with Crippen molar-refractivity contribution < 1.29 is 13.9 Å². The summed E-state index contributed by atoms with van der Waals surface area (Å²) >= 11 is 0. The average Bonchev–Trinajstić information content (AvgIpc) is 1.27. The Bertz CT molecular complexity index is 42.2. The second kappa shape index (κ2) is 2.87. The first-order valence-corrected chi connectivity index (χ1v) is 1.79. The molecule has 0 heterocycles. The molecular formula is C3H6F2NO. The Hall–Kier alpha value is -0.220. The molecule has 0 aliphatic rings. The molecule has 1 N–H and O–H groups in total. The van der Waals surface area contributed by atoms with Crippen LogP contribution in [0.25, 0.3) is 0 Å². The van der Waals surface area contributed by atoms with Crippen molar-refractivity contribution in [1.29, 1.82) is 0 Å². The fourth-order valence-corrected chi connectivity index (χ4v) is 0.163. The molecule has 0 aliphatic heterocycles. The second-order valence-corrected chi connectivity index (χ2v) is 1.06. The molecule has 0 aromatic carbocycles. The number of hydrogen-bond acceptors (Lipinski definition) is 1. The highest BCUT2D eigenvalue weighted by Gasteiger charge is 2.04. The van der Waals surface area contributed by atoms with E-state index in [1.54, 1.807) is 0 Å². The molecule has 7 heavy (non-hydrogen) atoms. The molecular weight excluding hydrogens is 104 g/mol. The van der Waals surface area contributed by atoms with E-state index < -0.39 is 12.8 Å². The van der Waals surface area contributed by atoms with Gasteiger partial charge < -0.3 is 5.11 Å². The summed E-state index contributed by atoms with van der Waals surface area (Å²) in [6.07, 6.45) is -1.25. The minimum Gasteiger partial charge on any atom is -0.377 e. The zero-order valence-corrected chi connectivity index (χ0v) is 3.81. The van der Waals surface area contributed by atoms with Gasteiger partial charge in [-0.2, -0.15) is 8.78 Å². The monoisotopic (exact) mass is 110 g/mol. The maximum absolute atomic E-state index is 11.0. The van der Waals surface area contributed by atoms with Gasteiger partial charge in [-0.05, 0) is 6.92 Å². The van der Waals surface area contributed by atoms with E-state index in [9.17, 15) is 8.78 Å². The topological polar surface area (TPSA) is 34.3 Å². The van der Waals surface area contributed by atoms with Crippen molar-refractivity contribution in [3.8, 4) is 0 Å². The van der Waals surface area contributed by atoms with Gasteiger partial charge in [0.05, 0.1) is 0 Å². The van der Waals surface area contributed by atoms with E-state index in [-0.39, 0.29) is 0 Å². The van der Waals surface area contributed by atoms with Crippen LogP contribution in [0.15, 0.2) is 0 Å². The Labute approximate surface area is 40.1 Å². The summed E-state index contributed by atoms with van der Waals surface area (Å²) in [6.45, 7) is -1.58. The Kier molecular flexibility index (Phi) is 2.78. The van der Waals surface area contributed by atoms with Gasteiger partial charge in [-0.1, -0.05) is 0 Å². The first kappa shape index (κ1) is 6.78. The van der Waals surface area contributed by atoms with Crippen molar-refractivity contribution in [2.75, 3.05) is 0 Å². The fraction of sp³-hybridized carbons (Fsp3) is 1.00. The summed E-state index contributed by atoms with van der Waals surface area (Å²) < 4.78 is 21.9. The Morgan fingerprint density at radius 2 is 2.00 bits per heavy atom. The van der Waals surface area contributed by atoms with Crippen molar-refractivity contribution in [3.05, 3.63) is 0 Å². The maximum Gasteiger partial charge on any atom is 0.309 e.